The second kappa shape index (κ2) is 7.46. The predicted molar refractivity (Wildman–Crippen MR) is 137 cm³/mol. The highest BCUT2D eigenvalue weighted by molar-refractivity contribution is 9.10. The molecule has 1 N–H and O–H groups in total. The summed E-state index contributed by atoms with van der Waals surface area (Å²) in [4.78, 5) is 8.82. The van der Waals surface area contributed by atoms with Gasteiger partial charge in [0, 0.05) is 38.1 Å². The quantitative estimate of drug-likeness (QED) is 0.308. The highest BCUT2D eigenvalue weighted by Crippen LogP contribution is 2.37. The highest BCUT2D eigenvalue weighted by atomic mass is 79.9. The normalized spacial score (nSPS) is 15.3. The van der Waals surface area contributed by atoms with Gasteiger partial charge in [0.05, 0.1) is 11.4 Å². The Bertz CT molecular complexity index is 1450. The summed E-state index contributed by atoms with van der Waals surface area (Å²) in [5.41, 5.74) is 14.6. The van der Waals surface area contributed by atoms with Crippen LogP contribution in [0.25, 0.3) is 23.0 Å². The summed E-state index contributed by atoms with van der Waals surface area (Å²) in [5, 5.41) is 0. The summed E-state index contributed by atoms with van der Waals surface area (Å²) in [6.07, 6.45) is 4.37. The Balaban J connectivity index is 1.48. The number of rotatable bonds is 2. The van der Waals surface area contributed by atoms with Gasteiger partial charge in [-0.1, -0.05) is 70.0 Å². The highest BCUT2D eigenvalue weighted by Gasteiger charge is 2.24. The zero-order chi connectivity index (χ0) is 21.8. The van der Waals surface area contributed by atoms with E-state index in [1.54, 1.807) is 0 Å². The van der Waals surface area contributed by atoms with Crippen molar-refractivity contribution in [3.05, 3.63) is 116 Å². The number of hydrogen-bond donors (Lipinski definition) is 1. The molecule has 1 aliphatic heterocycles. The lowest BCUT2D eigenvalue weighted by Crippen LogP contribution is -2.03. The molecule has 2 aliphatic rings. The van der Waals surface area contributed by atoms with Crippen molar-refractivity contribution < 1.29 is 0 Å². The molecular weight excluding hydrogens is 456 g/mol. The zero-order valence-corrected chi connectivity index (χ0v) is 19.8. The fourth-order valence-electron chi connectivity index (χ4n) is 5.01. The average molecular weight is 479 g/mol. The van der Waals surface area contributed by atoms with E-state index < -0.39 is 0 Å². The lowest BCUT2D eigenvalue weighted by Gasteiger charge is -2.15. The minimum Gasteiger partial charge on any atom is -0.355 e. The molecule has 3 heteroatoms. The van der Waals surface area contributed by atoms with Crippen molar-refractivity contribution in [3.63, 3.8) is 0 Å². The van der Waals surface area contributed by atoms with Crippen molar-refractivity contribution in [2.75, 3.05) is 0 Å². The van der Waals surface area contributed by atoms with E-state index in [0.717, 1.165) is 34.4 Å². The minimum atomic E-state index is 1.01. The summed E-state index contributed by atoms with van der Waals surface area (Å²) < 4.78 is 1.07. The molecule has 1 aliphatic carbocycles. The summed E-state index contributed by atoms with van der Waals surface area (Å²) in [7, 11) is 0. The molecule has 0 radical (unpaired) electrons. The molecule has 0 atom stereocenters. The van der Waals surface area contributed by atoms with E-state index in [-0.39, 0.29) is 0 Å². The third kappa shape index (κ3) is 3.20. The Morgan fingerprint density at radius 2 is 1.62 bits per heavy atom. The SMILES string of the molecule is Cc1ccc(C2=NC(=Cc3cc4c([nH]3)-c3ccccc3CC4)c3ccc(Br)cc32)c(C)c1. The van der Waals surface area contributed by atoms with Crippen LogP contribution >= 0.6 is 15.9 Å². The van der Waals surface area contributed by atoms with Crippen LogP contribution in [0.3, 0.4) is 0 Å². The van der Waals surface area contributed by atoms with Crippen LogP contribution in [0.15, 0.2) is 76.2 Å². The van der Waals surface area contributed by atoms with Crippen molar-refractivity contribution in [3.8, 4) is 11.3 Å². The number of hydrogen-bond acceptors (Lipinski definition) is 1. The summed E-state index contributed by atoms with van der Waals surface area (Å²) in [6, 6.07) is 24.1. The van der Waals surface area contributed by atoms with Gasteiger partial charge >= 0.3 is 0 Å². The van der Waals surface area contributed by atoms with Gasteiger partial charge in [-0.05, 0) is 67.7 Å². The maximum absolute atomic E-state index is 5.14. The van der Waals surface area contributed by atoms with Crippen molar-refractivity contribution in [1.29, 1.82) is 0 Å². The first-order valence-electron chi connectivity index (χ1n) is 11.1. The Kier molecular flexibility index (Phi) is 4.55. The molecule has 2 heterocycles. The van der Waals surface area contributed by atoms with Gasteiger partial charge in [0.15, 0.2) is 0 Å². The van der Waals surface area contributed by atoms with Gasteiger partial charge in [-0.2, -0.15) is 0 Å². The maximum atomic E-state index is 5.14. The van der Waals surface area contributed by atoms with E-state index in [2.05, 4.69) is 108 Å². The van der Waals surface area contributed by atoms with Crippen molar-refractivity contribution in [2.24, 2.45) is 4.99 Å². The second-order valence-electron chi connectivity index (χ2n) is 8.78. The van der Waals surface area contributed by atoms with Crippen LogP contribution in [0.1, 0.15) is 44.6 Å². The fourth-order valence-corrected chi connectivity index (χ4v) is 5.37. The third-order valence-corrected chi connectivity index (χ3v) is 7.04. The number of benzene rings is 3. The zero-order valence-electron chi connectivity index (χ0n) is 18.2. The van der Waals surface area contributed by atoms with Crippen molar-refractivity contribution in [1.82, 2.24) is 4.98 Å². The first kappa shape index (κ1) is 19.5. The third-order valence-electron chi connectivity index (χ3n) is 6.54. The van der Waals surface area contributed by atoms with Crippen LogP contribution in [0.5, 0.6) is 0 Å². The van der Waals surface area contributed by atoms with Crippen LogP contribution in [0, 0.1) is 13.8 Å². The molecule has 4 aromatic rings. The monoisotopic (exact) mass is 478 g/mol. The van der Waals surface area contributed by atoms with E-state index in [9.17, 15) is 0 Å². The molecule has 0 unspecified atom stereocenters. The van der Waals surface area contributed by atoms with E-state index in [1.165, 1.54) is 50.2 Å². The molecular formula is C29H23BrN2. The van der Waals surface area contributed by atoms with Gasteiger partial charge in [0.25, 0.3) is 0 Å². The number of fused-ring (bicyclic) bond motifs is 4. The summed E-state index contributed by atoms with van der Waals surface area (Å²) >= 11 is 3.66. The second-order valence-corrected chi connectivity index (χ2v) is 9.70. The largest absolute Gasteiger partial charge is 0.355 e. The number of aliphatic imine (C=N–C) groups is 1. The number of nitrogens with zero attached hydrogens (tertiary/aromatic N) is 1. The van der Waals surface area contributed by atoms with Gasteiger partial charge < -0.3 is 4.98 Å². The minimum absolute atomic E-state index is 1.01. The van der Waals surface area contributed by atoms with Gasteiger partial charge in [-0.3, -0.25) is 0 Å². The molecule has 0 amide bonds. The van der Waals surface area contributed by atoms with Crippen molar-refractivity contribution in [2.45, 2.75) is 26.7 Å². The number of H-pyrrole nitrogens is 1. The van der Waals surface area contributed by atoms with Gasteiger partial charge in [0.1, 0.15) is 0 Å². The van der Waals surface area contributed by atoms with Crippen molar-refractivity contribution >= 4 is 33.4 Å². The molecule has 3 aromatic carbocycles. The Morgan fingerprint density at radius 1 is 0.812 bits per heavy atom. The van der Waals surface area contributed by atoms with Gasteiger partial charge in [-0.15, -0.1) is 0 Å². The van der Waals surface area contributed by atoms with Crippen LogP contribution in [-0.4, -0.2) is 10.7 Å². The first-order chi connectivity index (χ1) is 15.6. The van der Waals surface area contributed by atoms with E-state index >= 15 is 0 Å². The van der Waals surface area contributed by atoms with E-state index in [4.69, 9.17) is 4.99 Å². The van der Waals surface area contributed by atoms with E-state index in [1.807, 2.05) is 0 Å². The van der Waals surface area contributed by atoms with E-state index in [0.29, 0.717) is 0 Å². The summed E-state index contributed by atoms with van der Waals surface area (Å²) in [6.45, 7) is 4.30. The first-order valence-corrected chi connectivity index (χ1v) is 11.8. The van der Waals surface area contributed by atoms with Gasteiger partial charge in [-0.25, -0.2) is 4.99 Å². The molecule has 0 fully saturated rings. The molecule has 156 valence electrons. The maximum Gasteiger partial charge on any atom is 0.0791 e. The number of aryl methyl sites for hydroxylation is 4. The molecule has 2 nitrogen and oxygen atoms in total. The van der Waals surface area contributed by atoms with Crippen LogP contribution in [0.2, 0.25) is 0 Å². The van der Waals surface area contributed by atoms with Crippen LogP contribution in [0.4, 0.5) is 0 Å². The lowest BCUT2D eigenvalue weighted by atomic mass is 9.90. The Labute approximate surface area is 196 Å². The van der Waals surface area contributed by atoms with Crippen LogP contribution in [-0.2, 0) is 12.8 Å². The topological polar surface area (TPSA) is 28.1 Å². The number of aromatic nitrogens is 1. The number of nitrogens with one attached hydrogen (secondary N) is 1. The smallest absolute Gasteiger partial charge is 0.0791 e. The molecule has 0 saturated heterocycles. The lowest BCUT2D eigenvalue weighted by molar-refractivity contribution is 0.942. The number of aromatic amines is 1. The molecule has 6 rings (SSSR count). The molecule has 0 saturated carbocycles. The average Bonchev–Trinajstić information content (AvgIpc) is 3.35. The number of halogens is 1. The molecule has 32 heavy (non-hydrogen) atoms. The molecule has 0 spiro atoms. The fraction of sp³-hybridized carbons (Fsp3) is 0.138. The Hall–Kier alpha value is -3.17. The molecule has 0 bridgehead atoms. The van der Waals surface area contributed by atoms with Gasteiger partial charge in [0.2, 0.25) is 0 Å². The predicted octanol–water partition coefficient (Wildman–Crippen LogP) is 7.51. The Morgan fingerprint density at radius 3 is 2.50 bits per heavy atom. The summed E-state index contributed by atoms with van der Waals surface area (Å²) in [5.74, 6) is 0. The standard InChI is InChI=1S/C29H23BrN2/c1-17-7-11-23(18(2)13-17)29-26-15-21(30)10-12-25(26)27(32-29)16-22-14-20-9-8-19-5-3-4-6-24(19)28(20)31-22/h3-7,10-16,31H,8-9H2,1-2H3. The molecule has 1 aromatic heterocycles. The van der Waals surface area contributed by atoms with Crippen LogP contribution < -0.4 is 0 Å².